The Morgan fingerprint density at radius 1 is 1.12 bits per heavy atom. The van der Waals surface area contributed by atoms with E-state index in [1.165, 1.54) is 30.0 Å². The van der Waals surface area contributed by atoms with Crippen molar-refractivity contribution in [2.24, 2.45) is 0 Å². The summed E-state index contributed by atoms with van der Waals surface area (Å²) in [5.41, 5.74) is 2.95. The van der Waals surface area contributed by atoms with Gasteiger partial charge in [-0.1, -0.05) is 11.6 Å². The van der Waals surface area contributed by atoms with Crippen molar-refractivity contribution in [2.75, 3.05) is 31.0 Å². The third-order valence-electron chi connectivity index (χ3n) is 4.67. The van der Waals surface area contributed by atoms with Crippen LogP contribution < -0.4 is 20.9 Å². The Morgan fingerprint density at radius 3 is 2.65 bits per heavy atom. The van der Waals surface area contributed by atoms with Gasteiger partial charge in [0.2, 0.25) is 11.8 Å². The lowest BCUT2D eigenvalue weighted by Crippen LogP contribution is -2.19. The van der Waals surface area contributed by atoms with Gasteiger partial charge in [-0.2, -0.15) is 0 Å². The minimum absolute atomic E-state index is 0.000966. The first-order valence-corrected chi connectivity index (χ1v) is 10.6. The zero-order valence-electron chi connectivity index (χ0n) is 18.2. The van der Waals surface area contributed by atoms with E-state index in [0.29, 0.717) is 40.5 Å². The second kappa shape index (κ2) is 12.1. The standard InChI is InChI=1S/C22H23ClFN5O5/c1-33-7-8-34-19-11-17-14(10-18(19)28-20(30)3-2-4-21(31)29-32)22(26-12-25-17)27-13-5-6-16(24)15(23)9-13/h5-6,9-12,32H,2-4,7-8H2,1H3,(H,28,30)(H,29,31)(H,25,26,27). The zero-order valence-corrected chi connectivity index (χ0v) is 19.0. The fraction of sp³-hybridized carbons (Fsp3) is 0.273. The van der Waals surface area contributed by atoms with Gasteiger partial charge in [-0.05, 0) is 30.7 Å². The molecule has 0 aliphatic rings. The number of aromatic nitrogens is 2. The summed E-state index contributed by atoms with van der Waals surface area (Å²) in [5, 5.41) is 14.9. The number of halogens is 2. The Morgan fingerprint density at radius 2 is 1.91 bits per heavy atom. The molecule has 0 aliphatic carbocycles. The van der Waals surface area contributed by atoms with E-state index >= 15 is 0 Å². The van der Waals surface area contributed by atoms with Crippen LogP contribution in [0.1, 0.15) is 19.3 Å². The molecule has 0 bridgehead atoms. The fourth-order valence-corrected chi connectivity index (χ4v) is 3.20. The number of hydrogen-bond acceptors (Lipinski definition) is 8. The Bertz CT molecular complexity index is 1180. The van der Waals surface area contributed by atoms with E-state index < -0.39 is 11.7 Å². The van der Waals surface area contributed by atoms with Gasteiger partial charge in [-0.15, -0.1) is 0 Å². The quantitative estimate of drug-likeness (QED) is 0.181. The number of anilines is 3. The highest BCUT2D eigenvalue weighted by atomic mass is 35.5. The second-order valence-electron chi connectivity index (χ2n) is 7.12. The molecule has 2 aromatic carbocycles. The molecule has 0 aliphatic heterocycles. The maximum Gasteiger partial charge on any atom is 0.243 e. The van der Waals surface area contributed by atoms with Crippen LogP contribution in [0, 0.1) is 5.82 Å². The molecule has 12 heteroatoms. The first-order valence-electron chi connectivity index (χ1n) is 10.3. The number of nitrogens with zero attached hydrogens (tertiary/aromatic N) is 2. The minimum Gasteiger partial charge on any atom is -0.489 e. The van der Waals surface area contributed by atoms with Crippen molar-refractivity contribution in [3.63, 3.8) is 0 Å². The molecule has 180 valence electrons. The zero-order chi connectivity index (χ0) is 24.5. The monoisotopic (exact) mass is 491 g/mol. The molecular formula is C22H23ClFN5O5. The van der Waals surface area contributed by atoms with Crippen molar-refractivity contribution >= 4 is 51.5 Å². The number of ether oxygens (including phenoxy) is 2. The van der Waals surface area contributed by atoms with Crippen molar-refractivity contribution in [1.29, 1.82) is 0 Å². The molecule has 34 heavy (non-hydrogen) atoms. The summed E-state index contributed by atoms with van der Waals surface area (Å²) in [6.45, 7) is 0.579. The van der Waals surface area contributed by atoms with E-state index in [9.17, 15) is 14.0 Å². The highest BCUT2D eigenvalue weighted by Crippen LogP contribution is 2.34. The number of rotatable bonds is 11. The molecule has 0 fully saturated rings. The number of benzene rings is 2. The predicted molar refractivity (Wildman–Crippen MR) is 124 cm³/mol. The first kappa shape index (κ1) is 25.1. The maximum atomic E-state index is 13.5. The van der Waals surface area contributed by atoms with E-state index in [1.54, 1.807) is 19.2 Å². The highest BCUT2D eigenvalue weighted by Gasteiger charge is 2.15. The van der Waals surface area contributed by atoms with E-state index in [4.69, 9.17) is 26.3 Å². The maximum absolute atomic E-state index is 13.5. The van der Waals surface area contributed by atoms with Crippen molar-refractivity contribution < 1.29 is 28.7 Å². The van der Waals surface area contributed by atoms with Crippen LogP contribution in [-0.2, 0) is 14.3 Å². The summed E-state index contributed by atoms with van der Waals surface area (Å²) in [4.78, 5) is 32.1. The van der Waals surface area contributed by atoms with Crippen LogP contribution in [0.15, 0.2) is 36.7 Å². The lowest BCUT2D eigenvalue weighted by atomic mass is 10.1. The average Bonchev–Trinajstić information content (AvgIpc) is 2.82. The SMILES string of the molecule is COCCOc1cc2ncnc(Nc3ccc(F)c(Cl)c3)c2cc1NC(=O)CCCC(=O)NO. The number of carbonyl (C=O) groups is 2. The molecule has 10 nitrogen and oxygen atoms in total. The molecule has 0 saturated carbocycles. The van der Waals surface area contributed by atoms with Gasteiger partial charge in [-0.25, -0.2) is 19.8 Å². The number of carbonyl (C=O) groups excluding carboxylic acids is 2. The van der Waals surface area contributed by atoms with Crippen molar-refractivity contribution in [2.45, 2.75) is 19.3 Å². The van der Waals surface area contributed by atoms with E-state index in [1.807, 2.05) is 0 Å². The third-order valence-corrected chi connectivity index (χ3v) is 4.96. The van der Waals surface area contributed by atoms with Gasteiger partial charge in [0.15, 0.2) is 0 Å². The lowest BCUT2D eigenvalue weighted by molar-refractivity contribution is -0.129. The minimum atomic E-state index is -0.573. The van der Waals surface area contributed by atoms with Gasteiger partial charge in [0.25, 0.3) is 0 Å². The van der Waals surface area contributed by atoms with Crippen LogP contribution in [0.5, 0.6) is 5.75 Å². The Hall–Kier alpha value is -3.54. The molecule has 1 heterocycles. The normalized spacial score (nSPS) is 10.7. The second-order valence-corrected chi connectivity index (χ2v) is 7.53. The van der Waals surface area contributed by atoms with Crippen LogP contribution in [0.3, 0.4) is 0 Å². The van der Waals surface area contributed by atoms with Crippen LogP contribution in [0.2, 0.25) is 5.02 Å². The first-order chi connectivity index (χ1) is 16.4. The molecule has 0 spiro atoms. The highest BCUT2D eigenvalue weighted by molar-refractivity contribution is 6.31. The van der Waals surface area contributed by atoms with Gasteiger partial charge in [0, 0.05) is 37.1 Å². The average molecular weight is 492 g/mol. The van der Waals surface area contributed by atoms with Crippen molar-refractivity contribution in [1.82, 2.24) is 15.4 Å². The number of hydrogen-bond donors (Lipinski definition) is 4. The van der Waals surface area contributed by atoms with E-state index in [2.05, 4.69) is 20.6 Å². The smallest absolute Gasteiger partial charge is 0.243 e. The van der Waals surface area contributed by atoms with Crippen LogP contribution >= 0.6 is 11.6 Å². The number of methoxy groups -OCH3 is 1. The molecule has 0 radical (unpaired) electrons. The summed E-state index contributed by atoms with van der Waals surface area (Å²) >= 11 is 5.87. The summed E-state index contributed by atoms with van der Waals surface area (Å²) < 4.78 is 24.3. The number of fused-ring (bicyclic) bond motifs is 1. The van der Waals surface area contributed by atoms with Crippen molar-refractivity contribution in [3.05, 3.63) is 47.5 Å². The molecule has 2 amide bonds. The van der Waals surface area contributed by atoms with Crippen LogP contribution in [0.25, 0.3) is 10.9 Å². The van der Waals surface area contributed by atoms with Crippen LogP contribution in [0.4, 0.5) is 21.6 Å². The van der Waals surface area contributed by atoms with Crippen molar-refractivity contribution in [3.8, 4) is 5.75 Å². The molecule has 4 N–H and O–H groups in total. The Kier molecular flexibility index (Phi) is 8.91. The Labute approximate surface area is 199 Å². The van der Waals surface area contributed by atoms with Gasteiger partial charge in [-0.3, -0.25) is 14.8 Å². The van der Waals surface area contributed by atoms with Gasteiger partial charge >= 0.3 is 0 Å². The molecule has 0 saturated heterocycles. The van der Waals surface area contributed by atoms with E-state index in [0.717, 1.165) is 0 Å². The summed E-state index contributed by atoms with van der Waals surface area (Å²) in [7, 11) is 1.54. The topological polar surface area (TPSA) is 135 Å². The Balaban J connectivity index is 1.89. The summed E-state index contributed by atoms with van der Waals surface area (Å²) in [5.74, 6) is -0.681. The summed E-state index contributed by atoms with van der Waals surface area (Å²) in [6.07, 6.45) is 1.65. The fourth-order valence-electron chi connectivity index (χ4n) is 3.02. The molecule has 0 unspecified atom stereocenters. The molecule has 1 aromatic heterocycles. The largest absolute Gasteiger partial charge is 0.489 e. The van der Waals surface area contributed by atoms with Gasteiger partial charge in [0.1, 0.15) is 30.3 Å². The molecular weight excluding hydrogens is 469 g/mol. The molecule has 3 aromatic rings. The molecule has 0 atom stereocenters. The lowest BCUT2D eigenvalue weighted by Gasteiger charge is -2.15. The number of amides is 2. The predicted octanol–water partition coefficient (Wildman–Crippen LogP) is 3.81. The number of hydroxylamine groups is 1. The van der Waals surface area contributed by atoms with Gasteiger partial charge < -0.3 is 20.1 Å². The van der Waals surface area contributed by atoms with Crippen LogP contribution in [-0.4, -0.2) is 47.3 Å². The van der Waals surface area contributed by atoms with Gasteiger partial charge in [0.05, 0.1) is 22.8 Å². The third kappa shape index (κ3) is 6.73. The molecule has 3 rings (SSSR count). The van der Waals surface area contributed by atoms with E-state index in [-0.39, 0.29) is 36.8 Å². The summed E-state index contributed by atoms with van der Waals surface area (Å²) in [6, 6.07) is 7.49. The number of nitrogens with one attached hydrogen (secondary N) is 3.